The van der Waals surface area contributed by atoms with Crippen molar-refractivity contribution < 1.29 is 9.59 Å². The highest BCUT2D eigenvalue weighted by molar-refractivity contribution is 9.11. The normalized spacial score (nSPS) is 13.8. The molecule has 0 unspecified atom stereocenters. The fraction of sp³-hybridized carbons (Fsp3) is 0.200. The third-order valence-electron chi connectivity index (χ3n) is 3.38. The number of thiophene rings is 1. The van der Waals surface area contributed by atoms with E-state index in [9.17, 15) is 9.59 Å². The second-order valence-electron chi connectivity index (χ2n) is 4.77. The van der Waals surface area contributed by atoms with Crippen LogP contribution in [0.3, 0.4) is 0 Å². The number of nitrogens with one attached hydrogen (secondary N) is 1. The van der Waals surface area contributed by atoms with Gasteiger partial charge in [-0.1, -0.05) is 12.1 Å². The third kappa shape index (κ3) is 2.31. The molecule has 2 aromatic rings. The summed E-state index contributed by atoms with van der Waals surface area (Å²) in [4.78, 5) is 25.0. The lowest BCUT2D eigenvalue weighted by molar-refractivity contribution is 0.0946. The van der Waals surface area contributed by atoms with Gasteiger partial charge in [0.05, 0.1) is 8.66 Å². The Morgan fingerprint density at radius 2 is 2.15 bits per heavy atom. The van der Waals surface area contributed by atoms with Crippen LogP contribution in [0.2, 0.25) is 0 Å². The second kappa shape index (κ2) is 5.14. The van der Waals surface area contributed by atoms with E-state index in [0.717, 1.165) is 21.3 Å². The largest absolute Gasteiger partial charge is 0.352 e. The molecule has 0 fully saturated rings. The van der Waals surface area contributed by atoms with E-state index < -0.39 is 0 Å². The van der Waals surface area contributed by atoms with E-state index >= 15 is 0 Å². The van der Waals surface area contributed by atoms with Gasteiger partial charge < -0.3 is 5.32 Å². The maximum absolute atomic E-state index is 12.5. The zero-order valence-electron chi connectivity index (χ0n) is 10.8. The van der Waals surface area contributed by atoms with Crippen molar-refractivity contribution in [3.63, 3.8) is 0 Å². The number of benzene rings is 1. The van der Waals surface area contributed by atoms with Gasteiger partial charge in [-0.05, 0) is 52.5 Å². The number of aryl methyl sites for hydroxylation is 1. The first kappa shape index (κ1) is 13.5. The maximum Gasteiger partial charge on any atom is 0.251 e. The Labute approximate surface area is 129 Å². The Hall–Kier alpha value is -1.46. The van der Waals surface area contributed by atoms with E-state index in [1.165, 1.54) is 11.3 Å². The molecule has 3 rings (SSSR count). The molecule has 102 valence electrons. The number of hydrogen-bond donors (Lipinski definition) is 1. The summed E-state index contributed by atoms with van der Waals surface area (Å²) in [5.41, 5.74) is 3.24. The molecule has 1 N–H and O–H groups in total. The molecule has 20 heavy (non-hydrogen) atoms. The van der Waals surface area contributed by atoms with Crippen molar-refractivity contribution in [2.24, 2.45) is 0 Å². The summed E-state index contributed by atoms with van der Waals surface area (Å²) in [5, 5.41) is 2.80. The van der Waals surface area contributed by atoms with Gasteiger partial charge >= 0.3 is 0 Å². The second-order valence-corrected chi connectivity index (χ2v) is 7.14. The molecule has 0 bridgehead atoms. The lowest BCUT2D eigenvalue weighted by Gasteiger charge is -2.16. The summed E-state index contributed by atoms with van der Waals surface area (Å²) in [7, 11) is 0. The van der Waals surface area contributed by atoms with Crippen LogP contribution in [-0.2, 0) is 6.42 Å². The minimum Gasteiger partial charge on any atom is -0.352 e. The van der Waals surface area contributed by atoms with Crippen molar-refractivity contribution in [2.75, 3.05) is 6.54 Å². The molecule has 0 saturated carbocycles. The van der Waals surface area contributed by atoms with Gasteiger partial charge in [-0.3, -0.25) is 9.59 Å². The quantitative estimate of drug-likeness (QED) is 0.845. The van der Waals surface area contributed by atoms with Crippen LogP contribution in [0.4, 0.5) is 0 Å². The van der Waals surface area contributed by atoms with E-state index in [1.54, 1.807) is 6.07 Å². The van der Waals surface area contributed by atoms with Crippen molar-refractivity contribution in [3.05, 3.63) is 55.2 Å². The fourth-order valence-electron chi connectivity index (χ4n) is 2.27. The Morgan fingerprint density at radius 1 is 1.35 bits per heavy atom. The number of carbonyl (C=O) groups excluding carboxylic acids is 2. The zero-order chi connectivity index (χ0) is 14.3. The van der Waals surface area contributed by atoms with Crippen molar-refractivity contribution in [2.45, 2.75) is 13.3 Å². The lowest BCUT2D eigenvalue weighted by Crippen LogP contribution is -2.32. The Kier molecular flexibility index (Phi) is 3.48. The zero-order valence-corrected chi connectivity index (χ0v) is 13.2. The van der Waals surface area contributed by atoms with E-state index in [1.807, 2.05) is 25.1 Å². The predicted octanol–water partition coefficient (Wildman–Crippen LogP) is 3.34. The van der Waals surface area contributed by atoms with Gasteiger partial charge in [0.1, 0.15) is 0 Å². The van der Waals surface area contributed by atoms with Crippen molar-refractivity contribution in [3.8, 4) is 0 Å². The number of rotatable bonds is 2. The van der Waals surface area contributed by atoms with Gasteiger partial charge in [0.25, 0.3) is 5.91 Å². The first-order chi connectivity index (χ1) is 9.56. The molecule has 1 aromatic heterocycles. The van der Waals surface area contributed by atoms with Gasteiger partial charge in [0.15, 0.2) is 0 Å². The summed E-state index contributed by atoms with van der Waals surface area (Å²) in [6.45, 7) is 2.62. The molecule has 0 radical (unpaired) electrons. The molecular formula is C15H12BrNO2S. The summed E-state index contributed by atoms with van der Waals surface area (Å²) in [5.74, 6) is -0.130. The molecule has 0 aliphatic carbocycles. The van der Waals surface area contributed by atoms with Gasteiger partial charge in [0.2, 0.25) is 5.78 Å². The summed E-state index contributed by atoms with van der Waals surface area (Å²) in [6.07, 6.45) is 0.819. The van der Waals surface area contributed by atoms with Crippen LogP contribution in [0.25, 0.3) is 0 Å². The van der Waals surface area contributed by atoms with Crippen LogP contribution in [0, 0.1) is 6.92 Å². The number of fused-ring (bicyclic) bond motifs is 1. The molecule has 2 heterocycles. The predicted molar refractivity (Wildman–Crippen MR) is 82.7 cm³/mol. The van der Waals surface area contributed by atoms with E-state index in [2.05, 4.69) is 21.2 Å². The van der Waals surface area contributed by atoms with Gasteiger partial charge in [-0.15, -0.1) is 11.3 Å². The van der Waals surface area contributed by atoms with Crippen LogP contribution < -0.4 is 5.32 Å². The molecule has 0 saturated heterocycles. The van der Waals surface area contributed by atoms with Crippen molar-refractivity contribution in [1.29, 1.82) is 0 Å². The first-order valence-corrected chi connectivity index (χ1v) is 7.89. The van der Waals surface area contributed by atoms with E-state index in [-0.39, 0.29) is 11.7 Å². The summed E-state index contributed by atoms with van der Waals surface area (Å²) in [6, 6.07) is 7.27. The standard InChI is InChI=1S/C15H12BrNO2S/c1-8-6-12(20-14(8)16)13(18)10-3-2-9-4-5-17-15(19)11(9)7-10/h2-3,6-7H,4-5H2,1H3,(H,17,19). The summed E-state index contributed by atoms with van der Waals surface area (Å²) >= 11 is 4.85. The van der Waals surface area contributed by atoms with E-state index in [4.69, 9.17) is 0 Å². The van der Waals surface area contributed by atoms with Crippen LogP contribution in [-0.4, -0.2) is 18.2 Å². The van der Waals surface area contributed by atoms with Crippen LogP contribution in [0.1, 0.15) is 36.7 Å². The minimum absolute atomic E-state index is 0.0371. The number of hydrogen-bond acceptors (Lipinski definition) is 3. The average Bonchev–Trinajstić information content (AvgIpc) is 2.78. The monoisotopic (exact) mass is 349 g/mol. The molecular weight excluding hydrogens is 338 g/mol. The van der Waals surface area contributed by atoms with Gasteiger partial charge in [0, 0.05) is 17.7 Å². The van der Waals surface area contributed by atoms with Crippen LogP contribution in [0.15, 0.2) is 28.1 Å². The van der Waals surface area contributed by atoms with E-state index in [0.29, 0.717) is 22.5 Å². The van der Waals surface area contributed by atoms with Crippen LogP contribution in [0.5, 0.6) is 0 Å². The topological polar surface area (TPSA) is 46.2 Å². The Balaban J connectivity index is 2.00. The first-order valence-electron chi connectivity index (χ1n) is 6.28. The molecule has 1 aliphatic rings. The summed E-state index contributed by atoms with van der Waals surface area (Å²) < 4.78 is 0.969. The Morgan fingerprint density at radius 3 is 2.85 bits per heavy atom. The highest BCUT2D eigenvalue weighted by Gasteiger charge is 2.20. The highest BCUT2D eigenvalue weighted by atomic mass is 79.9. The molecule has 1 aliphatic heterocycles. The number of carbonyl (C=O) groups is 2. The molecule has 1 amide bonds. The molecule has 1 aromatic carbocycles. The smallest absolute Gasteiger partial charge is 0.251 e. The Bertz CT molecular complexity index is 701. The molecule has 0 atom stereocenters. The average molecular weight is 350 g/mol. The van der Waals surface area contributed by atoms with Crippen molar-refractivity contribution in [1.82, 2.24) is 5.32 Å². The van der Waals surface area contributed by atoms with Gasteiger partial charge in [-0.2, -0.15) is 0 Å². The highest BCUT2D eigenvalue weighted by Crippen LogP contribution is 2.29. The number of ketones is 1. The lowest BCUT2D eigenvalue weighted by atomic mass is 9.96. The maximum atomic E-state index is 12.5. The van der Waals surface area contributed by atoms with Crippen LogP contribution >= 0.6 is 27.3 Å². The fourth-order valence-corrected chi connectivity index (χ4v) is 3.76. The van der Waals surface area contributed by atoms with Crippen molar-refractivity contribution >= 4 is 39.0 Å². The minimum atomic E-state index is -0.0931. The van der Waals surface area contributed by atoms with Gasteiger partial charge in [-0.25, -0.2) is 0 Å². The molecule has 5 heteroatoms. The molecule has 0 spiro atoms. The number of halogens is 1. The SMILES string of the molecule is Cc1cc(C(=O)c2ccc3c(c2)C(=O)NCC3)sc1Br. The molecule has 3 nitrogen and oxygen atoms in total. The number of amides is 1. The third-order valence-corrected chi connectivity index (χ3v) is 5.51.